The molecular formula is C33H42N2O. The quantitative estimate of drug-likeness (QED) is 0.377. The number of fused-ring (bicyclic) bond motifs is 1. The molecule has 0 amide bonds. The van der Waals surface area contributed by atoms with Gasteiger partial charge in [-0.3, -0.25) is 4.90 Å². The fourth-order valence-electron chi connectivity index (χ4n) is 7.13. The van der Waals surface area contributed by atoms with Crippen LogP contribution in [0.3, 0.4) is 0 Å². The van der Waals surface area contributed by atoms with Gasteiger partial charge in [-0.2, -0.15) is 0 Å². The summed E-state index contributed by atoms with van der Waals surface area (Å²) in [4.78, 5) is 2.87. The molecule has 1 fully saturated rings. The van der Waals surface area contributed by atoms with Crippen molar-refractivity contribution in [2.45, 2.75) is 68.7 Å². The number of hydrogen-bond acceptors (Lipinski definition) is 3. The molecule has 0 radical (unpaired) electrons. The number of rotatable bonds is 9. The monoisotopic (exact) mass is 482 g/mol. The summed E-state index contributed by atoms with van der Waals surface area (Å²) in [5.41, 5.74) is 12.4. The fourth-order valence-corrected chi connectivity index (χ4v) is 7.13. The third-order valence-corrected chi connectivity index (χ3v) is 9.04. The Balaban J connectivity index is 1.36. The van der Waals surface area contributed by atoms with E-state index in [1.807, 2.05) is 0 Å². The molecule has 1 aliphatic heterocycles. The van der Waals surface area contributed by atoms with Crippen molar-refractivity contribution in [3.63, 3.8) is 0 Å². The SMILES string of the molecule is COc1ccc2c(c1)CCC1(CCCCN1CCCC(CCN)(c1ccccc1)c1ccccc1)C2. The molecule has 1 aliphatic carbocycles. The minimum atomic E-state index is -0.0318. The number of benzene rings is 3. The second-order valence-electron chi connectivity index (χ2n) is 10.9. The molecule has 0 bridgehead atoms. The number of nitrogens with zero attached hydrogens (tertiary/aromatic N) is 1. The summed E-state index contributed by atoms with van der Waals surface area (Å²) in [6.07, 6.45) is 10.9. The Hall–Kier alpha value is -2.62. The van der Waals surface area contributed by atoms with Crippen molar-refractivity contribution in [2.75, 3.05) is 26.7 Å². The second-order valence-corrected chi connectivity index (χ2v) is 10.9. The molecule has 3 nitrogen and oxygen atoms in total. The minimum Gasteiger partial charge on any atom is -0.497 e. The summed E-state index contributed by atoms with van der Waals surface area (Å²) in [7, 11) is 1.77. The van der Waals surface area contributed by atoms with Crippen molar-refractivity contribution in [1.82, 2.24) is 4.90 Å². The summed E-state index contributed by atoms with van der Waals surface area (Å²) in [6.45, 7) is 3.08. The van der Waals surface area contributed by atoms with Crippen molar-refractivity contribution in [2.24, 2.45) is 5.73 Å². The van der Waals surface area contributed by atoms with Gasteiger partial charge in [-0.1, -0.05) is 73.2 Å². The highest BCUT2D eigenvalue weighted by molar-refractivity contribution is 5.40. The first-order valence-corrected chi connectivity index (χ1v) is 13.9. The Morgan fingerprint density at radius 1 is 0.861 bits per heavy atom. The maximum absolute atomic E-state index is 6.26. The first kappa shape index (κ1) is 25.0. The zero-order valence-corrected chi connectivity index (χ0v) is 21.9. The van der Waals surface area contributed by atoms with Crippen LogP contribution in [-0.2, 0) is 18.3 Å². The normalized spacial score (nSPS) is 20.3. The fraction of sp³-hybridized carbons (Fsp3) is 0.455. The van der Waals surface area contributed by atoms with Gasteiger partial charge in [-0.25, -0.2) is 0 Å². The van der Waals surface area contributed by atoms with E-state index in [0.29, 0.717) is 12.1 Å². The van der Waals surface area contributed by atoms with Crippen molar-refractivity contribution in [3.8, 4) is 5.75 Å². The standard InChI is InChI=1S/C33H42N2O/c1-36-31-16-15-28-26-32(20-17-27(28)25-31)18-8-9-23-35(32)24-10-19-33(21-22-34,29-11-4-2-5-12-29)30-13-6-3-7-14-30/h2-7,11-16,25H,8-10,17-24,26,34H2,1H3. The van der Waals surface area contributed by atoms with E-state index in [1.165, 1.54) is 67.3 Å². The van der Waals surface area contributed by atoms with Crippen molar-refractivity contribution >= 4 is 0 Å². The Morgan fingerprint density at radius 3 is 2.25 bits per heavy atom. The lowest BCUT2D eigenvalue weighted by Gasteiger charge is -2.50. The molecule has 1 atom stereocenters. The van der Waals surface area contributed by atoms with Gasteiger partial charge < -0.3 is 10.5 Å². The maximum atomic E-state index is 6.26. The molecule has 190 valence electrons. The van der Waals surface area contributed by atoms with Crippen LogP contribution in [0.25, 0.3) is 0 Å². The average Bonchev–Trinajstić information content (AvgIpc) is 2.94. The summed E-state index contributed by atoms with van der Waals surface area (Å²) in [5.74, 6) is 0.989. The molecule has 1 spiro atoms. The largest absolute Gasteiger partial charge is 0.497 e. The maximum Gasteiger partial charge on any atom is 0.119 e. The summed E-state index contributed by atoms with van der Waals surface area (Å²) in [6, 6.07) is 28.9. The van der Waals surface area contributed by atoms with Crippen LogP contribution < -0.4 is 10.5 Å². The zero-order valence-electron chi connectivity index (χ0n) is 21.9. The molecule has 3 heteroatoms. The van der Waals surface area contributed by atoms with Gasteiger partial charge >= 0.3 is 0 Å². The Labute approximate surface area is 217 Å². The van der Waals surface area contributed by atoms with Gasteiger partial charge in [-0.15, -0.1) is 0 Å². The molecule has 3 aromatic rings. The van der Waals surface area contributed by atoms with E-state index < -0.39 is 0 Å². The average molecular weight is 483 g/mol. The van der Waals surface area contributed by atoms with Crippen LogP contribution in [0.4, 0.5) is 0 Å². The van der Waals surface area contributed by atoms with E-state index in [2.05, 4.69) is 83.8 Å². The van der Waals surface area contributed by atoms with Crippen LogP contribution in [-0.4, -0.2) is 37.2 Å². The third kappa shape index (κ3) is 4.96. The molecule has 1 heterocycles. The van der Waals surface area contributed by atoms with Crippen molar-refractivity contribution in [3.05, 3.63) is 101 Å². The molecule has 2 N–H and O–H groups in total. The molecule has 2 aliphatic rings. The van der Waals surface area contributed by atoms with Crippen molar-refractivity contribution in [1.29, 1.82) is 0 Å². The predicted molar refractivity (Wildman–Crippen MR) is 150 cm³/mol. The first-order chi connectivity index (χ1) is 17.7. The Morgan fingerprint density at radius 2 is 1.58 bits per heavy atom. The highest BCUT2D eigenvalue weighted by Gasteiger charge is 2.41. The lowest BCUT2D eigenvalue weighted by Crippen LogP contribution is -2.55. The van der Waals surface area contributed by atoms with Gasteiger partial charge in [0.05, 0.1) is 7.11 Å². The highest BCUT2D eigenvalue weighted by atomic mass is 16.5. The molecule has 1 unspecified atom stereocenters. The number of aryl methyl sites for hydroxylation is 1. The van der Waals surface area contributed by atoms with E-state index in [1.54, 1.807) is 7.11 Å². The number of likely N-dealkylation sites (tertiary alicyclic amines) is 1. The van der Waals surface area contributed by atoms with E-state index in [9.17, 15) is 0 Å². The smallest absolute Gasteiger partial charge is 0.119 e. The molecule has 3 aromatic carbocycles. The minimum absolute atomic E-state index is 0.0318. The van der Waals surface area contributed by atoms with Crippen LogP contribution >= 0.6 is 0 Å². The van der Waals surface area contributed by atoms with Gasteiger partial charge in [0.1, 0.15) is 5.75 Å². The molecule has 0 aromatic heterocycles. The molecule has 0 saturated carbocycles. The van der Waals surface area contributed by atoms with Crippen LogP contribution in [0.1, 0.15) is 67.2 Å². The molecule has 5 rings (SSSR count). The van der Waals surface area contributed by atoms with Crippen LogP contribution in [0.2, 0.25) is 0 Å². The van der Waals surface area contributed by atoms with E-state index in [0.717, 1.165) is 31.6 Å². The molecule has 1 saturated heterocycles. The predicted octanol–water partition coefficient (Wildman–Crippen LogP) is 6.52. The molecule has 36 heavy (non-hydrogen) atoms. The van der Waals surface area contributed by atoms with Crippen molar-refractivity contribution < 1.29 is 4.74 Å². The Bertz CT molecular complexity index is 1070. The van der Waals surface area contributed by atoms with Crippen LogP contribution in [0.5, 0.6) is 5.75 Å². The molecular weight excluding hydrogens is 440 g/mol. The van der Waals surface area contributed by atoms with E-state index in [-0.39, 0.29) is 5.41 Å². The number of nitrogens with two attached hydrogens (primary N) is 1. The van der Waals surface area contributed by atoms with E-state index >= 15 is 0 Å². The number of hydrogen-bond donors (Lipinski definition) is 1. The Kier molecular flexibility index (Phi) is 7.79. The number of piperidine rings is 1. The van der Waals surface area contributed by atoms with Gasteiger partial charge in [0, 0.05) is 11.0 Å². The van der Waals surface area contributed by atoms with Gasteiger partial charge in [-0.05, 0) is 105 Å². The second kappa shape index (κ2) is 11.2. The summed E-state index contributed by atoms with van der Waals surface area (Å²) < 4.78 is 5.50. The lowest BCUT2D eigenvalue weighted by molar-refractivity contribution is 0.0313. The van der Waals surface area contributed by atoms with Gasteiger partial charge in [0.25, 0.3) is 0 Å². The van der Waals surface area contributed by atoms with Gasteiger partial charge in [0.2, 0.25) is 0 Å². The van der Waals surface area contributed by atoms with E-state index in [4.69, 9.17) is 10.5 Å². The number of methoxy groups -OCH3 is 1. The van der Waals surface area contributed by atoms with Crippen LogP contribution in [0, 0.1) is 0 Å². The van der Waals surface area contributed by atoms with Crippen LogP contribution in [0.15, 0.2) is 78.9 Å². The summed E-state index contributed by atoms with van der Waals surface area (Å²) >= 11 is 0. The number of ether oxygens (including phenoxy) is 1. The zero-order chi connectivity index (χ0) is 24.8. The first-order valence-electron chi connectivity index (χ1n) is 13.9. The topological polar surface area (TPSA) is 38.5 Å². The third-order valence-electron chi connectivity index (χ3n) is 9.04. The summed E-state index contributed by atoms with van der Waals surface area (Å²) in [5, 5.41) is 0. The highest BCUT2D eigenvalue weighted by Crippen LogP contribution is 2.43. The lowest BCUT2D eigenvalue weighted by atomic mass is 9.68. The van der Waals surface area contributed by atoms with Gasteiger partial charge in [0.15, 0.2) is 0 Å².